The summed E-state index contributed by atoms with van der Waals surface area (Å²) < 4.78 is 1.68. The SMILES string of the molecule is CN(C)CCN1CN(C2c3ccccc3CCc3ccccc32)n2ccc(=O)c(O)c2C1=O. The molecule has 1 aromatic heterocycles. The van der Waals surface area contributed by atoms with Gasteiger partial charge in [0.05, 0.1) is 6.04 Å². The molecule has 7 nitrogen and oxygen atoms in total. The Hall–Kier alpha value is -3.58. The largest absolute Gasteiger partial charge is 0.502 e. The normalized spacial score (nSPS) is 15.8. The summed E-state index contributed by atoms with van der Waals surface area (Å²) in [5, 5.41) is 12.7. The number of nitrogens with zero attached hydrogens (tertiary/aromatic N) is 4. The number of aromatic hydroxyl groups is 1. The van der Waals surface area contributed by atoms with E-state index < -0.39 is 11.2 Å². The number of hydrogen-bond acceptors (Lipinski definition) is 5. The first kappa shape index (κ1) is 21.3. The van der Waals surface area contributed by atoms with Crippen LogP contribution in [-0.4, -0.2) is 59.3 Å². The van der Waals surface area contributed by atoms with E-state index >= 15 is 0 Å². The van der Waals surface area contributed by atoms with E-state index in [1.807, 2.05) is 31.1 Å². The van der Waals surface area contributed by atoms with Crippen LogP contribution in [0.15, 0.2) is 65.6 Å². The van der Waals surface area contributed by atoms with Crippen LogP contribution in [0.25, 0.3) is 0 Å². The maximum Gasteiger partial charge on any atom is 0.277 e. The second kappa shape index (κ2) is 8.41. The van der Waals surface area contributed by atoms with Gasteiger partial charge in [-0.2, -0.15) is 0 Å². The minimum absolute atomic E-state index is 0.0201. The number of carbonyl (C=O) groups excluding carboxylic acids is 1. The second-order valence-electron chi connectivity index (χ2n) is 8.97. The van der Waals surface area contributed by atoms with Gasteiger partial charge in [0.15, 0.2) is 11.4 Å². The molecule has 7 heteroatoms. The van der Waals surface area contributed by atoms with Crippen molar-refractivity contribution in [2.75, 3.05) is 38.9 Å². The summed E-state index contributed by atoms with van der Waals surface area (Å²) in [6, 6.07) is 18.0. The fourth-order valence-corrected chi connectivity index (χ4v) is 4.90. The minimum atomic E-state index is -0.550. The minimum Gasteiger partial charge on any atom is -0.502 e. The molecule has 0 bridgehead atoms. The Bertz CT molecular complexity index is 1220. The third-order valence-electron chi connectivity index (χ3n) is 6.61. The number of likely N-dealkylation sites (N-methyl/N-ethyl adjacent to an activating group) is 1. The van der Waals surface area contributed by atoms with Crippen molar-refractivity contribution in [1.82, 2.24) is 14.5 Å². The van der Waals surface area contributed by atoms with Crippen molar-refractivity contribution in [1.29, 1.82) is 0 Å². The van der Waals surface area contributed by atoms with Crippen molar-refractivity contribution in [3.05, 3.63) is 99.0 Å². The number of aryl methyl sites for hydroxylation is 2. The highest BCUT2D eigenvalue weighted by Crippen LogP contribution is 2.38. The van der Waals surface area contributed by atoms with Crippen LogP contribution in [-0.2, 0) is 12.8 Å². The van der Waals surface area contributed by atoms with Crippen molar-refractivity contribution in [3.63, 3.8) is 0 Å². The fraction of sp³-hybridized carbons (Fsp3) is 0.308. The maximum absolute atomic E-state index is 13.4. The van der Waals surface area contributed by atoms with Gasteiger partial charge in [-0.05, 0) is 49.2 Å². The zero-order valence-corrected chi connectivity index (χ0v) is 18.9. The van der Waals surface area contributed by atoms with Gasteiger partial charge in [-0.3, -0.25) is 19.3 Å². The van der Waals surface area contributed by atoms with Gasteiger partial charge >= 0.3 is 0 Å². The average Bonchev–Trinajstić information content (AvgIpc) is 2.98. The van der Waals surface area contributed by atoms with Crippen LogP contribution < -0.4 is 10.4 Å². The Balaban J connectivity index is 1.72. The van der Waals surface area contributed by atoms with Gasteiger partial charge < -0.3 is 14.9 Å². The number of amides is 1. The highest BCUT2D eigenvalue weighted by Gasteiger charge is 2.38. The molecule has 0 spiro atoms. The Labute approximate surface area is 193 Å². The molecule has 0 saturated heterocycles. The van der Waals surface area contributed by atoms with Crippen molar-refractivity contribution in [3.8, 4) is 5.75 Å². The van der Waals surface area contributed by atoms with Crippen LogP contribution in [0.4, 0.5) is 0 Å². The van der Waals surface area contributed by atoms with E-state index in [9.17, 15) is 14.7 Å². The molecule has 0 saturated carbocycles. The molecule has 33 heavy (non-hydrogen) atoms. The number of fused-ring (bicyclic) bond motifs is 3. The number of aromatic nitrogens is 1. The van der Waals surface area contributed by atoms with Gasteiger partial charge in [-0.1, -0.05) is 48.5 Å². The van der Waals surface area contributed by atoms with E-state index in [2.05, 4.69) is 41.4 Å². The lowest BCUT2D eigenvalue weighted by molar-refractivity contribution is 0.0667. The van der Waals surface area contributed by atoms with E-state index in [-0.39, 0.29) is 17.6 Å². The predicted molar refractivity (Wildman–Crippen MR) is 127 cm³/mol. The molecule has 0 atom stereocenters. The molecule has 5 rings (SSSR count). The van der Waals surface area contributed by atoms with E-state index in [1.54, 1.807) is 15.8 Å². The van der Waals surface area contributed by atoms with Crippen LogP contribution in [0, 0.1) is 0 Å². The van der Waals surface area contributed by atoms with Crippen LogP contribution in [0.2, 0.25) is 0 Å². The van der Waals surface area contributed by atoms with E-state index in [4.69, 9.17) is 0 Å². The molecular formula is C26H28N4O3. The van der Waals surface area contributed by atoms with Crippen molar-refractivity contribution >= 4 is 5.91 Å². The molecule has 0 unspecified atom stereocenters. The molecule has 1 N–H and O–H groups in total. The fourth-order valence-electron chi connectivity index (χ4n) is 4.90. The molecule has 1 aliphatic heterocycles. The number of rotatable bonds is 4. The maximum atomic E-state index is 13.4. The Morgan fingerprint density at radius 1 is 0.939 bits per heavy atom. The van der Waals surface area contributed by atoms with Crippen LogP contribution in [0.3, 0.4) is 0 Å². The molecule has 1 amide bonds. The third-order valence-corrected chi connectivity index (χ3v) is 6.61. The number of pyridine rings is 1. The zero-order chi connectivity index (χ0) is 23.1. The van der Waals surface area contributed by atoms with Crippen molar-refractivity contribution < 1.29 is 9.90 Å². The average molecular weight is 445 g/mol. The summed E-state index contributed by atoms with van der Waals surface area (Å²) in [5.74, 6) is -0.837. The summed E-state index contributed by atoms with van der Waals surface area (Å²) in [4.78, 5) is 29.4. The summed E-state index contributed by atoms with van der Waals surface area (Å²) in [6.45, 7) is 1.51. The molecule has 2 aliphatic rings. The number of hydrogen-bond donors (Lipinski definition) is 1. The summed E-state index contributed by atoms with van der Waals surface area (Å²) in [5.41, 5.74) is 4.35. The summed E-state index contributed by atoms with van der Waals surface area (Å²) in [7, 11) is 3.92. The first-order chi connectivity index (χ1) is 16.0. The van der Waals surface area contributed by atoms with E-state index in [1.165, 1.54) is 28.3 Å². The van der Waals surface area contributed by atoms with Crippen LogP contribution >= 0.6 is 0 Å². The second-order valence-corrected chi connectivity index (χ2v) is 8.97. The molecule has 0 radical (unpaired) electrons. The number of carbonyl (C=O) groups is 1. The number of benzene rings is 2. The van der Waals surface area contributed by atoms with Gasteiger partial charge in [0, 0.05) is 25.4 Å². The van der Waals surface area contributed by atoms with Crippen LogP contribution in [0.5, 0.6) is 5.75 Å². The van der Waals surface area contributed by atoms with Gasteiger partial charge in [0.2, 0.25) is 5.43 Å². The highest BCUT2D eigenvalue weighted by molar-refractivity contribution is 5.96. The zero-order valence-electron chi connectivity index (χ0n) is 18.9. The first-order valence-electron chi connectivity index (χ1n) is 11.3. The van der Waals surface area contributed by atoms with Crippen molar-refractivity contribution in [2.24, 2.45) is 0 Å². The predicted octanol–water partition coefficient (Wildman–Crippen LogP) is 2.36. The molecule has 0 fully saturated rings. The summed E-state index contributed by atoms with van der Waals surface area (Å²) in [6.07, 6.45) is 3.47. The Morgan fingerprint density at radius 3 is 2.15 bits per heavy atom. The monoisotopic (exact) mass is 444 g/mol. The quantitative estimate of drug-likeness (QED) is 0.669. The molecule has 2 aromatic carbocycles. The Morgan fingerprint density at radius 2 is 1.55 bits per heavy atom. The smallest absolute Gasteiger partial charge is 0.277 e. The Kier molecular flexibility index (Phi) is 5.42. The third kappa shape index (κ3) is 3.68. The molecule has 170 valence electrons. The van der Waals surface area contributed by atoms with E-state index in [0.29, 0.717) is 19.8 Å². The van der Waals surface area contributed by atoms with Gasteiger partial charge in [0.25, 0.3) is 5.91 Å². The van der Waals surface area contributed by atoms with Gasteiger partial charge in [-0.25, -0.2) is 0 Å². The van der Waals surface area contributed by atoms with Gasteiger partial charge in [-0.15, -0.1) is 0 Å². The lowest BCUT2D eigenvalue weighted by atomic mass is 9.94. The van der Waals surface area contributed by atoms with E-state index in [0.717, 1.165) is 12.8 Å². The highest BCUT2D eigenvalue weighted by atomic mass is 16.3. The summed E-state index contributed by atoms with van der Waals surface area (Å²) >= 11 is 0. The lowest BCUT2D eigenvalue weighted by Gasteiger charge is -2.44. The first-order valence-corrected chi connectivity index (χ1v) is 11.3. The molecular weight excluding hydrogens is 416 g/mol. The van der Waals surface area contributed by atoms with Crippen LogP contribution in [0.1, 0.15) is 38.8 Å². The lowest BCUT2D eigenvalue weighted by Crippen LogP contribution is -2.56. The van der Waals surface area contributed by atoms with Gasteiger partial charge in [0.1, 0.15) is 6.67 Å². The topological polar surface area (TPSA) is 69.0 Å². The molecule has 2 heterocycles. The molecule has 3 aromatic rings. The standard InChI is InChI=1S/C26H28N4O3/c1-27(2)15-16-28-17-30(29-14-13-22(31)25(32)24(29)26(28)33)23-20-9-5-3-7-18(20)11-12-19-8-4-6-10-21(19)23/h3-10,13-14,23,32H,11-12,15-17H2,1-2H3. The van der Waals surface area contributed by atoms with Crippen molar-refractivity contribution in [2.45, 2.75) is 18.9 Å². The molecule has 1 aliphatic carbocycles.